The molecule has 0 radical (unpaired) electrons. The van der Waals surface area contributed by atoms with E-state index in [-0.39, 0.29) is 5.82 Å². The highest BCUT2D eigenvalue weighted by molar-refractivity contribution is 5.37. The molecule has 3 heteroatoms. The van der Waals surface area contributed by atoms with Crippen LogP contribution in [-0.4, -0.2) is 18.0 Å². The number of nitriles is 1. The molecular weight excluding hydrogens is 227 g/mol. The molecule has 2 nitrogen and oxygen atoms in total. The SMILES string of the molecule is N#Cc1ccc(F)cc1CN1CC2CCCC2C1. The third-order valence-electron chi connectivity index (χ3n) is 4.38. The zero-order valence-electron chi connectivity index (χ0n) is 10.4. The molecule has 1 heterocycles. The van der Waals surface area contributed by atoms with Crippen LogP contribution < -0.4 is 0 Å². The molecule has 18 heavy (non-hydrogen) atoms. The summed E-state index contributed by atoms with van der Waals surface area (Å²) in [5, 5.41) is 9.05. The quantitative estimate of drug-likeness (QED) is 0.799. The van der Waals surface area contributed by atoms with Crippen molar-refractivity contribution in [2.75, 3.05) is 13.1 Å². The van der Waals surface area contributed by atoms with Gasteiger partial charge in [-0.3, -0.25) is 4.90 Å². The second-order valence-corrected chi connectivity index (χ2v) is 5.56. The van der Waals surface area contributed by atoms with E-state index in [0.717, 1.165) is 30.5 Å². The van der Waals surface area contributed by atoms with E-state index >= 15 is 0 Å². The first-order chi connectivity index (χ1) is 8.76. The van der Waals surface area contributed by atoms with Crippen molar-refractivity contribution < 1.29 is 4.39 Å². The first-order valence-electron chi connectivity index (χ1n) is 6.67. The Morgan fingerprint density at radius 3 is 2.67 bits per heavy atom. The van der Waals surface area contributed by atoms with Crippen LogP contribution in [0.1, 0.15) is 30.4 Å². The number of rotatable bonds is 2. The van der Waals surface area contributed by atoms with Crippen LogP contribution in [0.5, 0.6) is 0 Å². The highest BCUT2D eigenvalue weighted by Gasteiger charge is 2.35. The Kier molecular flexibility index (Phi) is 3.05. The summed E-state index contributed by atoms with van der Waals surface area (Å²) in [5.74, 6) is 1.43. The molecule has 2 aliphatic rings. The molecule has 1 aliphatic carbocycles. The predicted octanol–water partition coefficient (Wildman–Crippen LogP) is 2.93. The minimum Gasteiger partial charge on any atom is -0.298 e. The normalized spacial score (nSPS) is 27.1. The van der Waals surface area contributed by atoms with Gasteiger partial charge in [0, 0.05) is 19.6 Å². The van der Waals surface area contributed by atoms with Gasteiger partial charge in [0.25, 0.3) is 0 Å². The minimum atomic E-state index is -0.247. The van der Waals surface area contributed by atoms with Crippen molar-refractivity contribution in [3.63, 3.8) is 0 Å². The van der Waals surface area contributed by atoms with Crippen molar-refractivity contribution in [1.82, 2.24) is 4.90 Å². The molecule has 2 fully saturated rings. The van der Waals surface area contributed by atoms with Crippen molar-refractivity contribution in [2.45, 2.75) is 25.8 Å². The Bertz CT molecular complexity index is 480. The molecule has 2 atom stereocenters. The molecule has 1 saturated heterocycles. The molecule has 1 saturated carbocycles. The highest BCUT2D eigenvalue weighted by atomic mass is 19.1. The van der Waals surface area contributed by atoms with Gasteiger partial charge in [-0.2, -0.15) is 5.26 Å². The number of hydrogen-bond donors (Lipinski definition) is 0. The van der Waals surface area contributed by atoms with Gasteiger partial charge in [0.05, 0.1) is 11.6 Å². The van der Waals surface area contributed by atoms with Crippen molar-refractivity contribution in [1.29, 1.82) is 5.26 Å². The summed E-state index contributed by atoms with van der Waals surface area (Å²) in [7, 11) is 0. The van der Waals surface area contributed by atoms with Crippen molar-refractivity contribution in [3.8, 4) is 6.07 Å². The number of nitrogens with zero attached hydrogens (tertiary/aromatic N) is 2. The standard InChI is InChI=1S/C15H17FN2/c16-15-5-4-11(7-17)14(6-15)10-18-8-12-2-1-3-13(12)9-18/h4-6,12-13H,1-3,8-10H2. The zero-order valence-corrected chi connectivity index (χ0v) is 10.4. The maximum atomic E-state index is 13.3. The number of fused-ring (bicyclic) bond motifs is 1. The Hall–Kier alpha value is -1.40. The molecule has 0 N–H and O–H groups in total. The molecule has 0 spiro atoms. The molecular formula is C15H17FN2. The van der Waals surface area contributed by atoms with E-state index in [2.05, 4.69) is 11.0 Å². The Labute approximate surface area is 107 Å². The lowest BCUT2D eigenvalue weighted by atomic mass is 10.0. The van der Waals surface area contributed by atoms with Crippen LogP contribution in [0.4, 0.5) is 4.39 Å². The minimum absolute atomic E-state index is 0.247. The predicted molar refractivity (Wildman–Crippen MR) is 67.2 cm³/mol. The van der Waals surface area contributed by atoms with Gasteiger partial charge in [0.1, 0.15) is 5.82 Å². The van der Waals surface area contributed by atoms with Crippen LogP contribution in [0, 0.1) is 29.0 Å². The summed E-state index contributed by atoms with van der Waals surface area (Å²) in [6.07, 6.45) is 4.05. The van der Waals surface area contributed by atoms with Crippen molar-refractivity contribution >= 4 is 0 Å². The number of hydrogen-bond acceptors (Lipinski definition) is 2. The van der Waals surface area contributed by atoms with Crippen LogP contribution in [0.25, 0.3) is 0 Å². The van der Waals surface area contributed by atoms with Gasteiger partial charge < -0.3 is 0 Å². The Morgan fingerprint density at radius 1 is 1.28 bits per heavy atom. The first kappa shape index (κ1) is 11.7. The van der Waals surface area contributed by atoms with Gasteiger partial charge >= 0.3 is 0 Å². The van der Waals surface area contributed by atoms with E-state index in [1.807, 2.05) is 0 Å². The molecule has 1 aromatic carbocycles. The summed E-state index contributed by atoms with van der Waals surface area (Å²) in [6, 6.07) is 6.61. The summed E-state index contributed by atoms with van der Waals surface area (Å²) in [5.41, 5.74) is 1.44. The van der Waals surface area contributed by atoms with Crippen LogP contribution in [0.15, 0.2) is 18.2 Å². The Balaban J connectivity index is 1.74. The first-order valence-corrected chi connectivity index (χ1v) is 6.67. The van der Waals surface area contributed by atoms with Gasteiger partial charge in [-0.05, 0) is 48.4 Å². The van der Waals surface area contributed by atoms with Crippen LogP contribution >= 0.6 is 0 Å². The molecule has 1 aromatic rings. The van der Waals surface area contributed by atoms with Gasteiger partial charge in [-0.15, -0.1) is 0 Å². The van der Waals surface area contributed by atoms with E-state index in [4.69, 9.17) is 5.26 Å². The third-order valence-corrected chi connectivity index (χ3v) is 4.38. The second-order valence-electron chi connectivity index (χ2n) is 5.56. The lowest BCUT2D eigenvalue weighted by Gasteiger charge is -2.17. The number of likely N-dealkylation sites (tertiary alicyclic amines) is 1. The Morgan fingerprint density at radius 2 is 2.00 bits per heavy atom. The van der Waals surface area contributed by atoms with Crippen molar-refractivity contribution in [3.05, 3.63) is 35.1 Å². The lowest BCUT2D eigenvalue weighted by molar-refractivity contribution is 0.303. The molecule has 94 valence electrons. The van der Waals surface area contributed by atoms with E-state index in [0.29, 0.717) is 12.1 Å². The molecule has 3 rings (SSSR count). The summed E-state index contributed by atoms with van der Waals surface area (Å²) < 4.78 is 13.3. The summed E-state index contributed by atoms with van der Waals surface area (Å²) in [4.78, 5) is 2.38. The van der Waals surface area contributed by atoms with Gasteiger partial charge in [0.15, 0.2) is 0 Å². The van der Waals surface area contributed by atoms with Crippen LogP contribution in [0.3, 0.4) is 0 Å². The van der Waals surface area contributed by atoms with Crippen LogP contribution in [-0.2, 0) is 6.54 Å². The molecule has 0 aromatic heterocycles. The lowest BCUT2D eigenvalue weighted by Crippen LogP contribution is -2.21. The fraction of sp³-hybridized carbons (Fsp3) is 0.533. The van der Waals surface area contributed by atoms with Gasteiger partial charge in [-0.1, -0.05) is 6.42 Å². The number of halogens is 1. The molecule has 0 bridgehead atoms. The summed E-state index contributed by atoms with van der Waals surface area (Å²) >= 11 is 0. The maximum absolute atomic E-state index is 13.3. The maximum Gasteiger partial charge on any atom is 0.123 e. The molecule has 1 aliphatic heterocycles. The average Bonchev–Trinajstić information content (AvgIpc) is 2.90. The fourth-order valence-corrected chi connectivity index (χ4v) is 3.50. The van der Waals surface area contributed by atoms with E-state index in [1.54, 1.807) is 6.07 Å². The van der Waals surface area contributed by atoms with E-state index < -0.39 is 0 Å². The number of benzene rings is 1. The van der Waals surface area contributed by atoms with E-state index in [9.17, 15) is 4.39 Å². The largest absolute Gasteiger partial charge is 0.298 e. The van der Waals surface area contributed by atoms with E-state index in [1.165, 1.54) is 31.4 Å². The zero-order chi connectivity index (χ0) is 12.5. The molecule has 2 unspecified atom stereocenters. The van der Waals surface area contributed by atoms with Gasteiger partial charge in [-0.25, -0.2) is 4.39 Å². The van der Waals surface area contributed by atoms with Crippen molar-refractivity contribution in [2.24, 2.45) is 11.8 Å². The second kappa shape index (κ2) is 4.70. The monoisotopic (exact) mass is 244 g/mol. The summed E-state index contributed by atoms with van der Waals surface area (Å²) in [6.45, 7) is 2.95. The fourth-order valence-electron chi connectivity index (χ4n) is 3.50. The smallest absolute Gasteiger partial charge is 0.123 e. The molecule has 0 amide bonds. The van der Waals surface area contributed by atoms with Gasteiger partial charge in [0.2, 0.25) is 0 Å². The van der Waals surface area contributed by atoms with Crippen LogP contribution in [0.2, 0.25) is 0 Å². The third kappa shape index (κ3) is 2.13. The highest BCUT2D eigenvalue weighted by Crippen LogP contribution is 2.38. The topological polar surface area (TPSA) is 27.0 Å². The average molecular weight is 244 g/mol.